The number of nitrogens with one attached hydrogen (secondary N) is 2. The lowest BCUT2D eigenvalue weighted by Gasteiger charge is -2.43. The molecule has 7 heteroatoms. The fourth-order valence-corrected chi connectivity index (χ4v) is 4.63. The third-order valence-corrected chi connectivity index (χ3v) is 6.00. The van der Waals surface area contributed by atoms with Crippen LogP contribution in [0.1, 0.15) is 36.9 Å². The van der Waals surface area contributed by atoms with Crippen LogP contribution < -0.4 is 16.4 Å². The summed E-state index contributed by atoms with van der Waals surface area (Å²) in [6, 6.07) is 0. The number of fused-ring (bicyclic) bond motifs is 1. The molecule has 1 aliphatic carbocycles. The van der Waals surface area contributed by atoms with Gasteiger partial charge in [0.2, 0.25) is 5.95 Å². The van der Waals surface area contributed by atoms with Gasteiger partial charge in [0.15, 0.2) is 0 Å². The Hall–Kier alpha value is -1.44. The van der Waals surface area contributed by atoms with Gasteiger partial charge >= 0.3 is 0 Å². The molecule has 0 radical (unpaired) electrons. The van der Waals surface area contributed by atoms with Gasteiger partial charge in [0.25, 0.3) is 0 Å². The lowest BCUT2D eigenvalue weighted by atomic mass is 9.94. The fourth-order valence-electron chi connectivity index (χ4n) is 4.63. The number of hydrogen-bond donors (Lipinski definition) is 3. The zero-order valence-electron chi connectivity index (χ0n) is 15.0. The molecule has 0 unspecified atom stereocenters. The highest BCUT2D eigenvalue weighted by molar-refractivity contribution is 5.50. The summed E-state index contributed by atoms with van der Waals surface area (Å²) in [5.41, 5.74) is 8.57. The molecule has 3 heterocycles. The Kier molecular flexibility index (Phi) is 5.05. The Morgan fingerprint density at radius 2 is 1.88 bits per heavy atom. The number of anilines is 2. The number of nitrogen functional groups attached to an aromatic ring is 1. The summed E-state index contributed by atoms with van der Waals surface area (Å²) in [5.74, 6) is 1.33. The van der Waals surface area contributed by atoms with Crippen LogP contribution in [0, 0.1) is 0 Å². The summed E-state index contributed by atoms with van der Waals surface area (Å²) in [6.07, 6.45) is 7.02. The molecule has 25 heavy (non-hydrogen) atoms. The second kappa shape index (κ2) is 7.43. The Morgan fingerprint density at radius 3 is 2.68 bits per heavy atom. The maximum absolute atomic E-state index is 5.98. The van der Waals surface area contributed by atoms with Gasteiger partial charge in [-0.15, -0.1) is 0 Å². The lowest BCUT2D eigenvalue weighted by Crippen LogP contribution is -2.55. The van der Waals surface area contributed by atoms with Gasteiger partial charge in [-0.3, -0.25) is 4.90 Å². The zero-order valence-corrected chi connectivity index (χ0v) is 15.0. The van der Waals surface area contributed by atoms with Crippen LogP contribution in [0.5, 0.6) is 0 Å². The summed E-state index contributed by atoms with van der Waals surface area (Å²) in [4.78, 5) is 11.7. The largest absolute Gasteiger partial charge is 0.379 e. The molecule has 1 aromatic rings. The lowest BCUT2D eigenvalue weighted by molar-refractivity contribution is -0.0160. The molecular weight excluding hydrogens is 316 g/mol. The van der Waals surface area contributed by atoms with Crippen molar-refractivity contribution in [3.8, 4) is 0 Å². The van der Waals surface area contributed by atoms with Gasteiger partial charge in [0.05, 0.1) is 18.9 Å². The SMILES string of the molecule is Nc1nc2c(c(NCC3(N4CCOCC4)CCCC3)n1)CCNCC2. The van der Waals surface area contributed by atoms with Crippen LogP contribution in [0.25, 0.3) is 0 Å². The van der Waals surface area contributed by atoms with Crippen molar-refractivity contribution in [3.63, 3.8) is 0 Å². The van der Waals surface area contributed by atoms with E-state index >= 15 is 0 Å². The van der Waals surface area contributed by atoms with Gasteiger partial charge in [-0.1, -0.05) is 12.8 Å². The van der Waals surface area contributed by atoms with E-state index in [1.807, 2.05) is 0 Å². The molecule has 3 aliphatic rings. The van der Waals surface area contributed by atoms with Gasteiger partial charge < -0.3 is 21.1 Å². The zero-order chi connectivity index (χ0) is 17.1. The van der Waals surface area contributed by atoms with Crippen molar-refractivity contribution >= 4 is 11.8 Å². The first kappa shape index (κ1) is 17.0. The average molecular weight is 346 g/mol. The molecule has 0 aromatic carbocycles. The molecule has 1 saturated carbocycles. The van der Waals surface area contributed by atoms with Crippen LogP contribution in [0.4, 0.5) is 11.8 Å². The minimum atomic E-state index is 0.235. The molecule has 138 valence electrons. The number of aromatic nitrogens is 2. The summed E-state index contributed by atoms with van der Waals surface area (Å²) in [7, 11) is 0. The molecule has 1 saturated heterocycles. The molecule has 2 aliphatic heterocycles. The van der Waals surface area contributed by atoms with Crippen molar-refractivity contribution in [2.75, 3.05) is 57.0 Å². The number of ether oxygens (including phenoxy) is 1. The Balaban J connectivity index is 1.54. The van der Waals surface area contributed by atoms with Crippen molar-refractivity contribution < 1.29 is 4.74 Å². The van der Waals surface area contributed by atoms with E-state index in [0.29, 0.717) is 5.95 Å². The van der Waals surface area contributed by atoms with Crippen molar-refractivity contribution in [3.05, 3.63) is 11.3 Å². The predicted octanol–water partition coefficient (Wildman–Crippen LogP) is 0.804. The molecule has 1 aromatic heterocycles. The van der Waals surface area contributed by atoms with Crippen molar-refractivity contribution in [1.29, 1.82) is 0 Å². The van der Waals surface area contributed by atoms with E-state index in [1.165, 1.54) is 31.2 Å². The van der Waals surface area contributed by atoms with Crippen molar-refractivity contribution in [2.24, 2.45) is 0 Å². The van der Waals surface area contributed by atoms with E-state index in [1.54, 1.807) is 0 Å². The predicted molar refractivity (Wildman–Crippen MR) is 98.8 cm³/mol. The van der Waals surface area contributed by atoms with E-state index in [0.717, 1.165) is 70.3 Å². The second-order valence-electron chi connectivity index (χ2n) is 7.49. The highest BCUT2D eigenvalue weighted by Crippen LogP contribution is 2.36. The first-order chi connectivity index (χ1) is 12.3. The minimum absolute atomic E-state index is 0.235. The molecule has 0 atom stereocenters. The van der Waals surface area contributed by atoms with Crippen LogP contribution in [0.2, 0.25) is 0 Å². The molecule has 4 rings (SSSR count). The number of morpholine rings is 1. The Morgan fingerprint density at radius 1 is 1.12 bits per heavy atom. The highest BCUT2D eigenvalue weighted by atomic mass is 16.5. The monoisotopic (exact) mass is 346 g/mol. The van der Waals surface area contributed by atoms with Crippen LogP contribution in [0.3, 0.4) is 0 Å². The van der Waals surface area contributed by atoms with Crippen LogP contribution in [-0.2, 0) is 17.6 Å². The first-order valence-corrected chi connectivity index (χ1v) is 9.69. The normalized spacial score (nSPS) is 23.8. The third-order valence-electron chi connectivity index (χ3n) is 6.00. The summed E-state index contributed by atoms with van der Waals surface area (Å²) < 4.78 is 5.56. The van der Waals surface area contributed by atoms with E-state index in [-0.39, 0.29) is 5.54 Å². The van der Waals surface area contributed by atoms with Gasteiger partial charge in [-0.2, -0.15) is 4.98 Å². The molecule has 7 nitrogen and oxygen atoms in total. The second-order valence-corrected chi connectivity index (χ2v) is 7.49. The quantitative estimate of drug-likeness (QED) is 0.743. The molecule has 2 fully saturated rings. The maximum atomic E-state index is 5.98. The fraction of sp³-hybridized carbons (Fsp3) is 0.778. The molecule has 0 bridgehead atoms. The summed E-state index contributed by atoms with van der Waals surface area (Å²) in [5, 5.41) is 7.12. The van der Waals surface area contributed by atoms with E-state index in [4.69, 9.17) is 10.5 Å². The summed E-state index contributed by atoms with van der Waals surface area (Å²) in [6.45, 7) is 6.64. The van der Waals surface area contributed by atoms with Gasteiger partial charge in [-0.25, -0.2) is 4.98 Å². The topological polar surface area (TPSA) is 88.3 Å². The third kappa shape index (κ3) is 3.59. The molecule has 4 N–H and O–H groups in total. The Bertz CT molecular complexity index is 595. The van der Waals surface area contributed by atoms with E-state index < -0.39 is 0 Å². The average Bonchev–Trinajstić information content (AvgIpc) is 3.00. The summed E-state index contributed by atoms with van der Waals surface area (Å²) >= 11 is 0. The number of hydrogen-bond acceptors (Lipinski definition) is 7. The van der Waals surface area contributed by atoms with Gasteiger partial charge in [0, 0.05) is 43.7 Å². The van der Waals surface area contributed by atoms with Crippen LogP contribution >= 0.6 is 0 Å². The van der Waals surface area contributed by atoms with Gasteiger partial charge in [0.1, 0.15) is 5.82 Å². The standard InChI is InChI=1S/C18H30N6O/c19-17-22-15-4-8-20-7-3-14(15)16(23-17)21-13-18(5-1-2-6-18)24-9-11-25-12-10-24/h20H,1-13H2,(H3,19,21,22,23). The molecule has 0 spiro atoms. The Labute approximate surface area is 149 Å². The van der Waals surface area contributed by atoms with E-state index in [2.05, 4.69) is 25.5 Å². The number of nitrogens with two attached hydrogens (primary N) is 1. The number of rotatable bonds is 4. The highest BCUT2D eigenvalue weighted by Gasteiger charge is 2.40. The number of nitrogens with zero attached hydrogens (tertiary/aromatic N) is 3. The minimum Gasteiger partial charge on any atom is -0.379 e. The van der Waals surface area contributed by atoms with Crippen LogP contribution in [-0.4, -0.2) is 66.3 Å². The first-order valence-electron chi connectivity index (χ1n) is 9.69. The molecule has 0 amide bonds. The molecular formula is C18H30N6O. The maximum Gasteiger partial charge on any atom is 0.222 e. The van der Waals surface area contributed by atoms with E-state index in [9.17, 15) is 0 Å². The smallest absolute Gasteiger partial charge is 0.222 e. The van der Waals surface area contributed by atoms with Crippen LogP contribution in [0.15, 0.2) is 0 Å². The van der Waals surface area contributed by atoms with Gasteiger partial charge in [-0.05, 0) is 25.8 Å². The van der Waals surface area contributed by atoms with Crippen molar-refractivity contribution in [1.82, 2.24) is 20.2 Å². The van der Waals surface area contributed by atoms with Crippen molar-refractivity contribution in [2.45, 2.75) is 44.1 Å².